The fraction of sp³-hybridized carbons (Fsp3) is 0.471. The summed E-state index contributed by atoms with van der Waals surface area (Å²) in [6.45, 7) is 0.495. The van der Waals surface area contributed by atoms with E-state index >= 15 is 0 Å². The lowest BCUT2D eigenvalue weighted by Gasteiger charge is -2.26. The van der Waals surface area contributed by atoms with E-state index in [0.29, 0.717) is 18.9 Å². The number of nitrogen functional groups attached to an aromatic ring is 1. The van der Waals surface area contributed by atoms with E-state index in [1.54, 1.807) is 0 Å². The monoisotopic (exact) mass is 312 g/mol. The Bertz CT molecular complexity index is 742. The lowest BCUT2D eigenvalue weighted by Crippen LogP contribution is -2.31. The average Bonchev–Trinajstić information content (AvgIpc) is 3.12. The first kappa shape index (κ1) is 14.2. The number of hydrogen-bond donors (Lipinski definition) is 2. The molecule has 1 aromatic heterocycles. The second-order valence-electron chi connectivity index (χ2n) is 6.51. The number of rotatable bonds is 4. The number of benzene rings is 1. The summed E-state index contributed by atoms with van der Waals surface area (Å²) in [7, 11) is 0. The van der Waals surface area contributed by atoms with Gasteiger partial charge in [-0.25, -0.2) is 0 Å². The minimum absolute atomic E-state index is 0.0772. The first-order valence-electron chi connectivity index (χ1n) is 8.13. The summed E-state index contributed by atoms with van der Waals surface area (Å²) in [5, 5.41) is 6.53. The molecule has 6 heteroatoms. The minimum Gasteiger partial charge on any atom is -0.365 e. The van der Waals surface area contributed by atoms with Crippen LogP contribution in [-0.2, 0) is 23.1 Å². The van der Waals surface area contributed by atoms with E-state index in [-0.39, 0.29) is 23.2 Å². The Morgan fingerprint density at radius 3 is 3.13 bits per heavy atom. The molecule has 1 heterocycles. The van der Waals surface area contributed by atoms with Gasteiger partial charge in [-0.3, -0.25) is 4.79 Å². The molecule has 1 fully saturated rings. The van der Waals surface area contributed by atoms with Crippen molar-refractivity contribution in [2.45, 2.75) is 37.5 Å². The fourth-order valence-corrected chi connectivity index (χ4v) is 3.96. The second kappa shape index (κ2) is 5.37. The van der Waals surface area contributed by atoms with Gasteiger partial charge in [0, 0.05) is 24.3 Å². The lowest BCUT2D eigenvalue weighted by molar-refractivity contribution is -0.122. The van der Waals surface area contributed by atoms with Crippen molar-refractivity contribution in [2.24, 2.45) is 5.92 Å². The Morgan fingerprint density at radius 2 is 2.30 bits per heavy atom. The zero-order valence-electron chi connectivity index (χ0n) is 12.9. The van der Waals surface area contributed by atoms with E-state index in [1.807, 2.05) is 0 Å². The highest BCUT2D eigenvalue weighted by Gasteiger charge is 2.59. The number of amides is 1. The van der Waals surface area contributed by atoms with Gasteiger partial charge in [0.25, 0.3) is 5.95 Å². The molecule has 1 spiro atoms. The van der Waals surface area contributed by atoms with Crippen LogP contribution in [0.3, 0.4) is 0 Å². The van der Waals surface area contributed by atoms with E-state index < -0.39 is 0 Å². The zero-order valence-corrected chi connectivity index (χ0v) is 12.9. The van der Waals surface area contributed by atoms with Crippen molar-refractivity contribution in [3.05, 3.63) is 41.3 Å². The minimum atomic E-state index is 0.0772. The van der Waals surface area contributed by atoms with Crippen molar-refractivity contribution in [1.82, 2.24) is 15.5 Å². The standard InChI is InChI=1S/C17H20N4O2/c18-16-20-14(23-21-16)7-9-19-15(22)13-10-17(13)8-3-5-11-4-1-2-6-12(11)17/h1-2,4,6,13H,3,5,7-10H2,(H2,18,21)(H,19,22)/t13-,17+/m0/s1. The summed E-state index contributed by atoms with van der Waals surface area (Å²) >= 11 is 0. The number of fused-ring (bicyclic) bond motifs is 2. The van der Waals surface area contributed by atoms with E-state index in [4.69, 9.17) is 10.3 Å². The van der Waals surface area contributed by atoms with Crippen molar-refractivity contribution in [3.63, 3.8) is 0 Å². The maximum Gasteiger partial charge on any atom is 0.260 e. The van der Waals surface area contributed by atoms with Gasteiger partial charge in [0.05, 0.1) is 0 Å². The molecule has 0 unspecified atom stereocenters. The Kier molecular flexibility index (Phi) is 3.32. The highest BCUT2D eigenvalue weighted by molar-refractivity contribution is 5.84. The van der Waals surface area contributed by atoms with Crippen LogP contribution in [0.25, 0.3) is 0 Å². The van der Waals surface area contributed by atoms with Crippen LogP contribution in [0.4, 0.5) is 5.95 Å². The normalized spacial score (nSPS) is 25.1. The van der Waals surface area contributed by atoms with Gasteiger partial charge in [0.1, 0.15) is 0 Å². The van der Waals surface area contributed by atoms with Crippen LogP contribution in [-0.4, -0.2) is 22.6 Å². The van der Waals surface area contributed by atoms with Gasteiger partial charge in [-0.05, 0) is 42.0 Å². The van der Waals surface area contributed by atoms with Gasteiger partial charge >= 0.3 is 0 Å². The smallest absolute Gasteiger partial charge is 0.260 e. The van der Waals surface area contributed by atoms with Crippen LogP contribution in [0, 0.1) is 5.92 Å². The molecule has 1 amide bonds. The topological polar surface area (TPSA) is 94.0 Å². The Labute approximate surface area is 134 Å². The van der Waals surface area contributed by atoms with Crippen molar-refractivity contribution in [3.8, 4) is 0 Å². The molecule has 2 atom stereocenters. The molecule has 120 valence electrons. The number of hydrogen-bond acceptors (Lipinski definition) is 5. The highest BCUT2D eigenvalue weighted by atomic mass is 16.5. The number of nitrogens with zero attached hydrogens (tertiary/aromatic N) is 2. The molecule has 23 heavy (non-hydrogen) atoms. The van der Waals surface area contributed by atoms with Crippen LogP contribution in [0.2, 0.25) is 0 Å². The summed E-state index contributed by atoms with van der Waals surface area (Å²) in [6, 6.07) is 8.57. The summed E-state index contributed by atoms with van der Waals surface area (Å²) < 4.78 is 4.94. The molecule has 0 aliphatic heterocycles. The largest absolute Gasteiger partial charge is 0.365 e. The van der Waals surface area contributed by atoms with Crippen molar-refractivity contribution < 1.29 is 9.32 Å². The first-order chi connectivity index (χ1) is 11.2. The molecule has 0 radical (unpaired) electrons. The van der Waals surface area contributed by atoms with Gasteiger partial charge in [-0.1, -0.05) is 24.3 Å². The number of anilines is 1. The quantitative estimate of drug-likeness (QED) is 0.894. The summed E-state index contributed by atoms with van der Waals surface area (Å²) in [6.07, 6.45) is 4.88. The second-order valence-corrected chi connectivity index (χ2v) is 6.51. The molecule has 1 aromatic carbocycles. The number of aryl methyl sites for hydroxylation is 1. The molecule has 3 N–H and O–H groups in total. The van der Waals surface area contributed by atoms with E-state index in [1.165, 1.54) is 17.5 Å². The van der Waals surface area contributed by atoms with Crippen molar-refractivity contribution >= 4 is 11.9 Å². The number of nitrogens with one attached hydrogen (secondary N) is 1. The first-order valence-corrected chi connectivity index (χ1v) is 8.13. The number of nitrogens with two attached hydrogens (primary N) is 1. The fourth-order valence-electron chi connectivity index (χ4n) is 3.96. The number of carbonyl (C=O) groups excluding carboxylic acids is 1. The SMILES string of the molecule is Nc1noc(CCNC(=O)[C@@H]2C[C@@]23CCCc2ccccc23)n1. The third-order valence-electron chi connectivity index (χ3n) is 5.14. The van der Waals surface area contributed by atoms with E-state index in [0.717, 1.165) is 19.3 Å². The van der Waals surface area contributed by atoms with Crippen molar-refractivity contribution in [2.75, 3.05) is 12.3 Å². The summed E-state index contributed by atoms with van der Waals surface area (Å²) in [5.74, 6) is 0.813. The molecule has 2 aliphatic rings. The molecule has 2 aromatic rings. The average molecular weight is 312 g/mol. The van der Waals surface area contributed by atoms with E-state index in [9.17, 15) is 4.79 Å². The Balaban J connectivity index is 1.38. The maximum absolute atomic E-state index is 12.5. The summed E-state index contributed by atoms with van der Waals surface area (Å²) in [5.41, 5.74) is 8.28. The van der Waals surface area contributed by atoms with Gasteiger partial charge in [0.2, 0.25) is 11.8 Å². The molecule has 0 bridgehead atoms. The Hall–Kier alpha value is -2.37. The van der Waals surface area contributed by atoms with Gasteiger partial charge in [0.15, 0.2) is 0 Å². The number of carbonyl (C=O) groups is 1. The van der Waals surface area contributed by atoms with Crippen molar-refractivity contribution in [1.29, 1.82) is 0 Å². The molecule has 2 aliphatic carbocycles. The molecular formula is C17H20N4O2. The third-order valence-corrected chi connectivity index (χ3v) is 5.14. The Morgan fingerprint density at radius 1 is 1.43 bits per heavy atom. The molecule has 6 nitrogen and oxygen atoms in total. The van der Waals surface area contributed by atoms with Crippen LogP contribution < -0.4 is 11.1 Å². The summed E-state index contributed by atoms with van der Waals surface area (Å²) in [4.78, 5) is 16.4. The van der Waals surface area contributed by atoms with Gasteiger partial charge in [-0.15, -0.1) is 0 Å². The maximum atomic E-state index is 12.5. The van der Waals surface area contributed by atoms with Gasteiger partial charge < -0.3 is 15.6 Å². The molecule has 0 saturated heterocycles. The van der Waals surface area contributed by atoms with Crippen LogP contribution in [0.5, 0.6) is 0 Å². The molecule has 4 rings (SSSR count). The predicted octanol–water partition coefficient (Wildman–Crippen LogP) is 1.60. The van der Waals surface area contributed by atoms with Crippen LogP contribution in [0.1, 0.15) is 36.3 Å². The highest BCUT2D eigenvalue weighted by Crippen LogP contribution is 2.60. The predicted molar refractivity (Wildman–Crippen MR) is 84.6 cm³/mol. The van der Waals surface area contributed by atoms with Crippen LogP contribution in [0.15, 0.2) is 28.8 Å². The van der Waals surface area contributed by atoms with Crippen LogP contribution >= 0.6 is 0 Å². The van der Waals surface area contributed by atoms with E-state index in [2.05, 4.69) is 39.7 Å². The zero-order chi connectivity index (χ0) is 15.9. The lowest BCUT2D eigenvalue weighted by atomic mass is 9.78. The van der Waals surface area contributed by atoms with Gasteiger partial charge in [-0.2, -0.15) is 4.98 Å². The molecular weight excluding hydrogens is 292 g/mol. The number of aromatic nitrogens is 2. The third kappa shape index (κ3) is 2.48. The molecule has 1 saturated carbocycles.